The van der Waals surface area contributed by atoms with E-state index in [4.69, 9.17) is 17.3 Å². The maximum absolute atomic E-state index is 9.25. The Morgan fingerprint density at radius 3 is 2.95 bits per heavy atom. The first kappa shape index (κ1) is 14.6. The highest BCUT2D eigenvalue weighted by molar-refractivity contribution is 7.13. The SMILES string of the molecule is Nc1nc(Cl)c(-c2cccs2)c(N[C@H]2CCC(CO)C2)n1. The molecule has 5 nitrogen and oxygen atoms in total. The number of nitrogens with two attached hydrogens (primary N) is 1. The molecule has 1 aliphatic rings. The number of nitrogens with one attached hydrogen (secondary N) is 1. The van der Waals surface area contributed by atoms with Crippen LogP contribution in [0.4, 0.5) is 11.8 Å². The second-order valence-electron chi connectivity index (χ2n) is 5.28. The van der Waals surface area contributed by atoms with Crippen molar-refractivity contribution in [2.75, 3.05) is 17.7 Å². The van der Waals surface area contributed by atoms with Crippen LogP contribution >= 0.6 is 22.9 Å². The molecule has 0 spiro atoms. The quantitative estimate of drug-likeness (QED) is 0.753. The number of nitrogens with zero attached hydrogens (tertiary/aromatic N) is 2. The molecule has 7 heteroatoms. The summed E-state index contributed by atoms with van der Waals surface area (Å²) < 4.78 is 0. The first-order valence-corrected chi connectivity index (χ1v) is 8.17. The van der Waals surface area contributed by atoms with Gasteiger partial charge in [0.25, 0.3) is 0 Å². The summed E-state index contributed by atoms with van der Waals surface area (Å²) in [6.45, 7) is 0.239. The summed E-state index contributed by atoms with van der Waals surface area (Å²) in [5, 5.41) is 15.0. The molecular weight excluding hydrogens is 308 g/mol. The van der Waals surface area contributed by atoms with Crippen molar-refractivity contribution < 1.29 is 5.11 Å². The zero-order valence-corrected chi connectivity index (χ0v) is 13.0. The summed E-state index contributed by atoms with van der Waals surface area (Å²) in [6.07, 6.45) is 2.97. The van der Waals surface area contributed by atoms with E-state index in [1.807, 2.05) is 17.5 Å². The van der Waals surface area contributed by atoms with Crippen LogP contribution in [-0.4, -0.2) is 27.7 Å². The van der Waals surface area contributed by atoms with Gasteiger partial charge in [-0.3, -0.25) is 0 Å². The van der Waals surface area contributed by atoms with Crippen LogP contribution in [0, 0.1) is 5.92 Å². The second-order valence-corrected chi connectivity index (χ2v) is 6.58. The van der Waals surface area contributed by atoms with Crippen molar-refractivity contribution in [2.24, 2.45) is 5.92 Å². The molecule has 3 rings (SSSR count). The van der Waals surface area contributed by atoms with Gasteiger partial charge in [0, 0.05) is 17.5 Å². The van der Waals surface area contributed by atoms with E-state index in [0.29, 0.717) is 16.9 Å². The summed E-state index contributed by atoms with van der Waals surface area (Å²) >= 11 is 7.85. The van der Waals surface area contributed by atoms with Gasteiger partial charge in [-0.05, 0) is 36.6 Å². The lowest BCUT2D eigenvalue weighted by Gasteiger charge is -2.17. The Labute approximate surface area is 132 Å². The number of anilines is 2. The summed E-state index contributed by atoms with van der Waals surface area (Å²) in [5.41, 5.74) is 6.53. The van der Waals surface area contributed by atoms with Crippen LogP contribution in [0.25, 0.3) is 10.4 Å². The fourth-order valence-electron chi connectivity index (χ4n) is 2.76. The van der Waals surface area contributed by atoms with Crippen molar-refractivity contribution in [3.8, 4) is 10.4 Å². The Hall–Kier alpha value is -1.37. The van der Waals surface area contributed by atoms with Crippen molar-refractivity contribution in [2.45, 2.75) is 25.3 Å². The Balaban J connectivity index is 1.90. The Bertz CT molecular complexity index is 620. The number of nitrogen functional groups attached to an aromatic ring is 1. The highest BCUT2D eigenvalue weighted by atomic mass is 35.5. The van der Waals surface area contributed by atoms with Gasteiger partial charge in [-0.2, -0.15) is 4.98 Å². The van der Waals surface area contributed by atoms with E-state index < -0.39 is 0 Å². The van der Waals surface area contributed by atoms with E-state index in [-0.39, 0.29) is 18.6 Å². The molecule has 2 aromatic rings. The number of rotatable bonds is 4. The maximum atomic E-state index is 9.25. The fourth-order valence-corrected chi connectivity index (χ4v) is 3.86. The highest BCUT2D eigenvalue weighted by Crippen LogP contribution is 2.37. The molecular formula is C14H17ClN4OS. The normalized spacial score (nSPS) is 21.6. The molecule has 2 heterocycles. The van der Waals surface area contributed by atoms with E-state index in [1.165, 1.54) is 0 Å². The molecule has 1 saturated carbocycles. The number of thiophene rings is 1. The molecule has 2 atom stereocenters. The zero-order chi connectivity index (χ0) is 14.8. The van der Waals surface area contributed by atoms with Crippen LogP contribution in [0.1, 0.15) is 19.3 Å². The van der Waals surface area contributed by atoms with E-state index in [2.05, 4.69) is 15.3 Å². The summed E-state index contributed by atoms with van der Waals surface area (Å²) in [7, 11) is 0. The van der Waals surface area contributed by atoms with Gasteiger partial charge in [0.05, 0.1) is 5.56 Å². The van der Waals surface area contributed by atoms with Crippen molar-refractivity contribution in [3.63, 3.8) is 0 Å². The van der Waals surface area contributed by atoms with E-state index in [9.17, 15) is 5.11 Å². The fraction of sp³-hybridized carbons (Fsp3) is 0.429. The molecule has 21 heavy (non-hydrogen) atoms. The molecule has 0 saturated heterocycles. The van der Waals surface area contributed by atoms with Gasteiger partial charge in [0.1, 0.15) is 11.0 Å². The van der Waals surface area contributed by atoms with Gasteiger partial charge >= 0.3 is 0 Å². The maximum Gasteiger partial charge on any atom is 0.223 e. The summed E-state index contributed by atoms with van der Waals surface area (Å²) in [5.74, 6) is 1.21. The summed E-state index contributed by atoms with van der Waals surface area (Å²) in [4.78, 5) is 9.39. The third-order valence-electron chi connectivity index (χ3n) is 3.79. The molecule has 1 fully saturated rings. The van der Waals surface area contributed by atoms with Crippen LogP contribution in [0.5, 0.6) is 0 Å². The molecule has 0 radical (unpaired) electrons. The predicted octanol–water partition coefficient (Wildman–Crippen LogP) is 3.01. The minimum atomic E-state index is 0.166. The monoisotopic (exact) mass is 324 g/mol. The number of aliphatic hydroxyl groups is 1. The Kier molecular flexibility index (Phi) is 4.28. The van der Waals surface area contributed by atoms with E-state index in [1.54, 1.807) is 11.3 Å². The molecule has 0 amide bonds. The molecule has 1 unspecified atom stereocenters. The lowest BCUT2D eigenvalue weighted by atomic mass is 10.1. The van der Waals surface area contributed by atoms with Gasteiger partial charge in [0.15, 0.2) is 0 Å². The van der Waals surface area contributed by atoms with E-state index in [0.717, 1.165) is 29.7 Å². The second kappa shape index (κ2) is 6.17. The van der Waals surface area contributed by atoms with Crippen molar-refractivity contribution in [3.05, 3.63) is 22.7 Å². The van der Waals surface area contributed by atoms with Crippen LogP contribution in [-0.2, 0) is 0 Å². The largest absolute Gasteiger partial charge is 0.396 e. The highest BCUT2D eigenvalue weighted by Gasteiger charge is 2.26. The predicted molar refractivity (Wildman–Crippen MR) is 86.6 cm³/mol. The minimum Gasteiger partial charge on any atom is -0.396 e. The first-order valence-electron chi connectivity index (χ1n) is 6.91. The van der Waals surface area contributed by atoms with Gasteiger partial charge in [-0.15, -0.1) is 11.3 Å². The number of aromatic nitrogens is 2. The topological polar surface area (TPSA) is 84.1 Å². The molecule has 0 aliphatic heterocycles. The van der Waals surface area contributed by atoms with Gasteiger partial charge < -0.3 is 16.2 Å². The molecule has 4 N–H and O–H groups in total. The van der Waals surface area contributed by atoms with Crippen LogP contribution in [0.2, 0.25) is 5.15 Å². The lowest BCUT2D eigenvalue weighted by Crippen LogP contribution is -2.18. The smallest absolute Gasteiger partial charge is 0.223 e. The first-order chi connectivity index (χ1) is 10.2. The number of halogens is 1. The standard InChI is InChI=1S/C14H17ClN4OS/c15-12-11(10-2-1-5-21-10)13(19-14(16)18-12)17-9-4-3-8(6-9)7-20/h1-2,5,8-9,20H,3-4,6-7H2,(H3,16,17,18,19)/t8?,9-/m0/s1. The third kappa shape index (κ3) is 3.12. The molecule has 0 bridgehead atoms. The number of hydrogen-bond donors (Lipinski definition) is 3. The van der Waals surface area contributed by atoms with Gasteiger partial charge in [-0.1, -0.05) is 17.7 Å². The number of aliphatic hydroxyl groups excluding tert-OH is 1. The zero-order valence-electron chi connectivity index (χ0n) is 11.4. The molecule has 0 aromatic carbocycles. The van der Waals surface area contributed by atoms with Gasteiger partial charge in [-0.25, -0.2) is 4.98 Å². The third-order valence-corrected chi connectivity index (χ3v) is 4.95. The molecule has 1 aliphatic carbocycles. The van der Waals surface area contributed by atoms with Crippen LogP contribution < -0.4 is 11.1 Å². The van der Waals surface area contributed by atoms with Crippen molar-refractivity contribution in [1.29, 1.82) is 0 Å². The average molecular weight is 325 g/mol. The van der Waals surface area contributed by atoms with E-state index >= 15 is 0 Å². The Morgan fingerprint density at radius 2 is 2.29 bits per heavy atom. The van der Waals surface area contributed by atoms with Crippen LogP contribution in [0.3, 0.4) is 0 Å². The lowest BCUT2D eigenvalue weighted by molar-refractivity contribution is 0.229. The van der Waals surface area contributed by atoms with Crippen molar-refractivity contribution >= 4 is 34.7 Å². The molecule has 2 aromatic heterocycles. The molecule has 112 valence electrons. The summed E-state index contributed by atoms with van der Waals surface area (Å²) in [6, 6.07) is 4.24. The van der Waals surface area contributed by atoms with Gasteiger partial charge in [0.2, 0.25) is 5.95 Å². The number of hydrogen-bond acceptors (Lipinski definition) is 6. The van der Waals surface area contributed by atoms with Crippen LogP contribution in [0.15, 0.2) is 17.5 Å². The minimum absolute atomic E-state index is 0.166. The Morgan fingerprint density at radius 1 is 1.43 bits per heavy atom. The average Bonchev–Trinajstić information content (AvgIpc) is 3.09. The van der Waals surface area contributed by atoms with Crippen molar-refractivity contribution in [1.82, 2.24) is 9.97 Å².